The third-order valence-corrected chi connectivity index (χ3v) is 2.41. The molecule has 14 heavy (non-hydrogen) atoms. The normalized spacial score (nSPS) is 17.4. The molecule has 1 aliphatic heterocycles. The van der Waals surface area contributed by atoms with Crippen molar-refractivity contribution in [3.8, 4) is 0 Å². The van der Waals surface area contributed by atoms with Gasteiger partial charge in [0.15, 0.2) is 0 Å². The van der Waals surface area contributed by atoms with Crippen molar-refractivity contribution in [3.63, 3.8) is 0 Å². The van der Waals surface area contributed by atoms with E-state index in [-0.39, 0.29) is 0 Å². The topological polar surface area (TPSA) is 82.9 Å². The highest BCUT2D eigenvalue weighted by Crippen LogP contribution is 2.06. The molecule has 0 aliphatic carbocycles. The van der Waals surface area contributed by atoms with Crippen LogP contribution in [0.3, 0.4) is 0 Å². The molecule has 78 valence electrons. The standard InChI is InChI=1S/C8H16N6/c9-7-11-8(13-12-7)10-3-6-14-4-1-2-5-14/h1-6H2,(H4,9,10,11,12,13). The van der Waals surface area contributed by atoms with Gasteiger partial charge in [-0.05, 0) is 25.9 Å². The summed E-state index contributed by atoms with van der Waals surface area (Å²) < 4.78 is 0. The van der Waals surface area contributed by atoms with Gasteiger partial charge in [-0.25, -0.2) is 5.10 Å². The van der Waals surface area contributed by atoms with Gasteiger partial charge in [-0.3, -0.25) is 0 Å². The van der Waals surface area contributed by atoms with E-state index in [1.807, 2.05) is 0 Å². The highest BCUT2D eigenvalue weighted by Gasteiger charge is 2.10. The van der Waals surface area contributed by atoms with Crippen LogP contribution in [0.2, 0.25) is 0 Å². The average Bonchev–Trinajstić information content (AvgIpc) is 2.77. The molecule has 1 aromatic rings. The van der Waals surface area contributed by atoms with Gasteiger partial charge in [0.05, 0.1) is 0 Å². The van der Waals surface area contributed by atoms with Crippen LogP contribution >= 0.6 is 0 Å². The molecular formula is C8H16N6. The lowest BCUT2D eigenvalue weighted by Gasteiger charge is -2.13. The number of aromatic amines is 1. The lowest BCUT2D eigenvalue weighted by Crippen LogP contribution is -2.26. The summed E-state index contributed by atoms with van der Waals surface area (Å²) in [5, 5.41) is 9.59. The van der Waals surface area contributed by atoms with E-state index in [4.69, 9.17) is 5.73 Å². The highest BCUT2D eigenvalue weighted by molar-refractivity contribution is 5.29. The van der Waals surface area contributed by atoms with Crippen molar-refractivity contribution in [3.05, 3.63) is 0 Å². The lowest BCUT2D eigenvalue weighted by molar-refractivity contribution is 0.352. The number of nitrogens with one attached hydrogen (secondary N) is 2. The Morgan fingerprint density at radius 2 is 2.21 bits per heavy atom. The summed E-state index contributed by atoms with van der Waals surface area (Å²) in [6, 6.07) is 0. The lowest BCUT2D eigenvalue weighted by atomic mass is 10.4. The molecule has 1 saturated heterocycles. The van der Waals surface area contributed by atoms with Crippen LogP contribution in [0.15, 0.2) is 0 Å². The van der Waals surface area contributed by atoms with Crippen LogP contribution in [0.1, 0.15) is 12.8 Å². The molecule has 1 aromatic heterocycles. The van der Waals surface area contributed by atoms with Gasteiger partial charge in [0.2, 0.25) is 11.9 Å². The van der Waals surface area contributed by atoms with Gasteiger partial charge in [-0.1, -0.05) is 0 Å². The first kappa shape index (κ1) is 9.26. The summed E-state index contributed by atoms with van der Waals surface area (Å²) in [5.41, 5.74) is 5.39. The van der Waals surface area contributed by atoms with E-state index in [2.05, 4.69) is 25.4 Å². The van der Waals surface area contributed by atoms with E-state index < -0.39 is 0 Å². The number of nitrogens with zero attached hydrogens (tertiary/aromatic N) is 3. The van der Waals surface area contributed by atoms with E-state index in [1.54, 1.807) is 0 Å². The number of nitrogen functional groups attached to an aromatic ring is 1. The average molecular weight is 196 g/mol. The summed E-state index contributed by atoms with van der Waals surface area (Å²) in [7, 11) is 0. The fourth-order valence-electron chi connectivity index (χ4n) is 1.69. The van der Waals surface area contributed by atoms with Crippen molar-refractivity contribution in [2.75, 3.05) is 37.2 Å². The minimum absolute atomic E-state index is 0.355. The molecule has 0 spiro atoms. The van der Waals surface area contributed by atoms with Crippen LogP contribution in [-0.2, 0) is 0 Å². The monoisotopic (exact) mass is 196 g/mol. The Balaban J connectivity index is 1.67. The zero-order valence-corrected chi connectivity index (χ0v) is 8.16. The highest BCUT2D eigenvalue weighted by atomic mass is 15.3. The summed E-state index contributed by atoms with van der Waals surface area (Å²) >= 11 is 0. The van der Waals surface area contributed by atoms with E-state index in [0.717, 1.165) is 13.1 Å². The molecule has 0 bridgehead atoms. The Bertz CT molecular complexity index is 277. The van der Waals surface area contributed by atoms with Gasteiger partial charge < -0.3 is 16.0 Å². The minimum atomic E-state index is 0.355. The van der Waals surface area contributed by atoms with Crippen molar-refractivity contribution in [1.29, 1.82) is 0 Å². The third-order valence-electron chi connectivity index (χ3n) is 2.41. The maximum atomic E-state index is 5.39. The summed E-state index contributed by atoms with van der Waals surface area (Å²) in [5.74, 6) is 0.940. The van der Waals surface area contributed by atoms with E-state index >= 15 is 0 Å². The number of H-pyrrole nitrogens is 1. The molecule has 2 heterocycles. The number of likely N-dealkylation sites (tertiary alicyclic amines) is 1. The minimum Gasteiger partial charge on any atom is -0.368 e. The third kappa shape index (κ3) is 2.35. The predicted octanol–water partition coefficient (Wildman–Crippen LogP) is -0.105. The van der Waals surface area contributed by atoms with Gasteiger partial charge in [0.1, 0.15) is 0 Å². The van der Waals surface area contributed by atoms with Crippen LogP contribution in [0.25, 0.3) is 0 Å². The maximum absolute atomic E-state index is 5.39. The number of aromatic nitrogens is 3. The molecule has 1 aliphatic rings. The van der Waals surface area contributed by atoms with Crippen LogP contribution in [0, 0.1) is 0 Å². The first-order valence-corrected chi connectivity index (χ1v) is 4.99. The van der Waals surface area contributed by atoms with Gasteiger partial charge in [0, 0.05) is 13.1 Å². The zero-order valence-electron chi connectivity index (χ0n) is 8.16. The Labute approximate surface area is 82.9 Å². The van der Waals surface area contributed by atoms with Gasteiger partial charge in [-0.15, -0.1) is 5.10 Å². The Morgan fingerprint density at radius 1 is 1.43 bits per heavy atom. The number of anilines is 2. The molecule has 1 fully saturated rings. The van der Waals surface area contributed by atoms with Crippen LogP contribution in [-0.4, -0.2) is 46.3 Å². The largest absolute Gasteiger partial charge is 0.368 e. The first-order chi connectivity index (χ1) is 6.84. The zero-order chi connectivity index (χ0) is 9.80. The van der Waals surface area contributed by atoms with Crippen molar-refractivity contribution in [2.45, 2.75) is 12.8 Å². The second-order valence-electron chi connectivity index (χ2n) is 3.52. The Morgan fingerprint density at radius 3 is 2.86 bits per heavy atom. The van der Waals surface area contributed by atoms with Crippen LogP contribution < -0.4 is 11.1 Å². The van der Waals surface area contributed by atoms with E-state index in [0.29, 0.717) is 11.9 Å². The molecule has 0 aromatic carbocycles. The Kier molecular flexibility index (Phi) is 2.83. The molecule has 0 atom stereocenters. The number of hydrogen-bond donors (Lipinski definition) is 3. The maximum Gasteiger partial charge on any atom is 0.243 e. The summed E-state index contributed by atoms with van der Waals surface area (Å²) in [4.78, 5) is 6.39. The fourth-order valence-corrected chi connectivity index (χ4v) is 1.69. The molecule has 2 rings (SSSR count). The molecule has 0 amide bonds. The number of hydrogen-bond acceptors (Lipinski definition) is 5. The molecule has 0 unspecified atom stereocenters. The van der Waals surface area contributed by atoms with Crippen molar-refractivity contribution >= 4 is 11.9 Å². The molecule has 0 saturated carbocycles. The number of nitrogens with two attached hydrogens (primary N) is 1. The quantitative estimate of drug-likeness (QED) is 0.626. The SMILES string of the molecule is Nc1nc(NCCN2CCCC2)n[nH]1. The molecular weight excluding hydrogens is 180 g/mol. The van der Waals surface area contributed by atoms with E-state index in [1.165, 1.54) is 25.9 Å². The number of rotatable bonds is 4. The van der Waals surface area contributed by atoms with Gasteiger partial charge >= 0.3 is 0 Å². The molecule has 6 nitrogen and oxygen atoms in total. The second kappa shape index (κ2) is 4.28. The van der Waals surface area contributed by atoms with Crippen molar-refractivity contribution in [1.82, 2.24) is 20.1 Å². The van der Waals surface area contributed by atoms with Crippen molar-refractivity contribution < 1.29 is 0 Å². The van der Waals surface area contributed by atoms with Gasteiger partial charge in [0.25, 0.3) is 0 Å². The molecule has 4 N–H and O–H groups in total. The molecule has 6 heteroatoms. The Hall–Kier alpha value is -1.30. The van der Waals surface area contributed by atoms with Crippen LogP contribution in [0.4, 0.5) is 11.9 Å². The first-order valence-electron chi connectivity index (χ1n) is 4.99. The predicted molar refractivity (Wildman–Crippen MR) is 55.0 cm³/mol. The van der Waals surface area contributed by atoms with Crippen molar-refractivity contribution in [2.24, 2.45) is 0 Å². The van der Waals surface area contributed by atoms with Gasteiger partial charge in [-0.2, -0.15) is 4.98 Å². The second-order valence-corrected chi connectivity index (χ2v) is 3.52. The molecule has 0 radical (unpaired) electrons. The summed E-state index contributed by atoms with van der Waals surface area (Å²) in [6.45, 7) is 4.36. The van der Waals surface area contributed by atoms with Crippen LogP contribution in [0.5, 0.6) is 0 Å². The fraction of sp³-hybridized carbons (Fsp3) is 0.750. The van der Waals surface area contributed by atoms with E-state index in [9.17, 15) is 0 Å². The summed E-state index contributed by atoms with van der Waals surface area (Å²) in [6.07, 6.45) is 2.65. The smallest absolute Gasteiger partial charge is 0.243 e.